The molecule has 1 aromatic rings. The number of hydrogen-bond acceptors (Lipinski definition) is 5. The Bertz CT molecular complexity index is 597. The van der Waals surface area contributed by atoms with Crippen molar-refractivity contribution in [2.45, 2.75) is 27.2 Å². The first-order valence-electron chi connectivity index (χ1n) is 6.36. The van der Waals surface area contributed by atoms with Crippen molar-refractivity contribution in [2.75, 3.05) is 11.5 Å². The monoisotopic (exact) mass is 293 g/mol. The molecule has 2 heterocycles. The topological polar surface area (TPSA) is 63.7 Å². The summed E-state index contributed by atoms with van der Waals surface area (Å²) >= 11 is 1.27. The lowest BCUT2D eigenvalue weighted by atomic mass is 10.1. The summed E-state index contributed by atoms with van der Waals surface area (Å²) in [6.07, 6.45) is 3.05. The van der Waals surface area contributed by atoms with E-state index < -0.39 is 17.8 Å². The van der Waals surface area contributed by atoms with Gasteiger partial charge in [-0.2, -0.15) is 0 Å². The van der Waals surface area contributed by atoms with Crippen molar-refractivity contribution >= 4 is 34.1 Å². The number of rotatable bonds is 4. The number of hydrogen-bond donors (Lipinski definition) is 0. The van der Waals surface area contributed by atoms with Crippen LogP contribution in [0.15, 0.2) is 12.2 Å². The molecular formula is C14H15NO4S. The molecule has 0 radical (unpaired) electrons. The van der Waals surface area contributed by atoms with Crippen molar-refractivity contribution < 1.29 is 19.1 Å². The van der Waals surface area contributed by atoms with Gasteiger partial charge in [-0.05, 0) is 25.8 Å². The number of aryl methyl sites for hydroxylation is 1. The number of ether oxygens (including phenoxy) is 1. The fourth-order valence-corrected chi connectivity index (χ4v) is 3.40. The average Bonchev–Trinajstić information content (AvgIpc) is 2.89. The molecule has 0 saturated heterocycles. The number of thiophene rings is 1. The van der Waals surface area contributed by atoms with E-state index in [1.807, 2.05) is 13.8 Å². The van der Waals surface area contributed by atoms with E-state index in [9.17, 15) is 14.4 Å². The van der Waals surface area contributed by atoms with Crippen LogP contribution < -0.4 is 4.90 Å². The number of carbonyl (C=O) groups excluding carboxylic acids is 3. The molecule has 0 spiro atoms. The Morgan fingerprint density at radius 3 is 2.35 bits per heavy atom. The Labute approximate surface area is 120 Å². The Morgan fingerprint density at radius 2 is 1.85 bits per heavy atom. The second-order valence-corrected chi connectivity index (χ2v) is 5.44. The van der Waals surface area contributed by atoms with Crippen molar-refractivity contribution in [2.24, 2.45) is 0 Å². The van der Waals surface area contributed by atoms with Gasteiger partial charge in [0.05, 0.1) is 12.2 Å². The average molecular weight is 293 g/mol. The molecule has 6 heteroatoms. The quantitative estimate of drug-likeness (QED) is 0.631. The third kappa shape index (κ3) is 2.27. The number of amides is 2. The minimum Gasteiger partial charge on any atom is -0.462 e. The Morgan fingerprint density at radius 1 is 1.25 bits per heavy atom. The number of anilines is 1. The summed E-state index contributed by atoms with van der Waals surface area (Å²) in [6.45, 7) is 5.76. The normalized spacial score (nSPS) is 14.2. The summed E-state index contributed by atoms with van der Waals surface area (Å²) in [5.74, 6) is -1.34. The molecule has 0 fully saturated rings. The largest absolute Gasteiger partial charge is 0.462 e. The summed E-state index contributed by atoms with van der Waals surface area (Å²) in [5.41, 5.74) is 1.17. The molecule has 1 aromatic heterocycles. The van der Waals surface area contributed by atoms with E-state index in [0.29, 0.717) is 17.0 Å². The van der Waals surface area contributed by atoms with Crippen molar-refractivity contribution in [3.8, 4) is 0 Å². The molecule has 5 nitrogen and oxygen atoms in total. The van der Waals surface area contributed by atoms with Crippen LogP contribution in [-0.2, 0) is 20.7 Å². The number of esters is 1. The molecule has 0 N–H and O–H groups in total. The van der Waals surface area contributed by atoms with Crippen molar-refractivity contribution in [1.82, 2.24) is 0 Å². The summed E-state index contributed by atoms with van der Waals surface area (Å²) in [4.78, 5) is 37.7. The van der Waals surface area contributed by atoms with Gasteiger partial charge in [0.1, 0.15) is 5.00 Å². The molecule has 0 bridgehead atoms. The van der Waals surface area contributed by atoms with Crippen molar-refractivity contribution in [1.29, 1.82) is 0 Å². The molecule has 0 aromatic carbocycles. The van der Waals surface area contributed by atoms with Gasteiger partial charge in [-0.1, -0.05) is 6.92 Å². The fraction of sp³-hybridized carbons (Fsp3) is 0.357. The van der Waals surface area contributed by atoms with Crippen LogP contribution in [0.25, 0.3) is 0 Å². The summed E-state index contributed by atoms with van der Waals surface area (Å²) in [7, 11) is 0. The standard InChI is InChI=1S/C14H15NO4S/c1-4-9-8(3)20-13(12(9)14(18)19-5-2)15-10(16)6-7-11(15)17/h6-7H,4-5H2,1-3H3. The first kappa shape index (κ1) is 14.5. The van der Waals surface area contributed by atoms with Gasteiger partial charge in [-0.15, -0.1) is 11.3 Å². The van der Waals surface area contributed by atoms with E-state index in [1.165, 1.54) is 23.5 Å². The Balaban J connectivity index is 2.56. The lowest BCUT2D eigenvalue weighted by Gasteiger charge is -2.14. The van der Waals surface area contributed by atoms with Gasteiger partial charge in [0.15, 0.2) is 0 Å². The van der Waals surface area contributed by atoms with Crippen LogP contribution in [0.1, 0.15) is 34.6 Å². The van der Waals surface area contributed by atoms with Crippen LogP contribution in [0, 0.1) is 6.92 Å². The highest BCUT2D eigenvalue weighted by Gasteiger charge is 2.33. The van der Waals surface area contributed by atoms with E-state index in [2.05, 4.69) is 0 Å². The van der Waals surface area contributed by atoms with Crippen molar-refractivity contribution in [3.05, 3.63) is 28.2 Å². The molecule has 106 valence electrons. The Hall–Kier alpha value is -1.95. The number of nitrogens with zero attached hydrogens (tertiary/aromatic N) is 1. The van der Waals surface area contributed by atoms with Gasteiger partial charge in [0, 0.05) is 17.0 Å². The van der Waals surface area contributed by atoms with E-state index in [0.717, 1.165) is 15.3 Å². The number of imide groups is 1. The zero-order chi connectivity index (χ0) is 14.9. The molecule has 0 saturated carbocycles. The minimum absolute atomic E-state index is 0.246. The first-order valence-corrected chi connectivity index (χ1v) is 7.18. The zero-order valence-electron chi connectivity index (χ0n) is 11.6. The third-order valence-corrected chi connectivity index (χ3v) is 4.17. The smallest absolute Gasteiger partial charge is 0.341 e. The molecular weight excluding hydrogens is 278 g/mol. The van der Waals surface area contributed by atoms with Crippen LogP contribution in [0.3, 0.4) is 0 Å². The molecule has 1 aliphatic heterocycles. The molecule has 2 rings (SSSR count). The van der Waals surface area contributed by atoms with E-state index in [-0.39, 0.29) is 6.61 Å². The van der Waals surface area contributed by atoms with Crippen LogP contribution >= 0.6 is 11.3 Å². The molecule has 20 heavy (non-hydrogen) atoms. The SMILES string of the molecule is CCOC(=O)c1c(N2C(=O)C=CC2=O)sc(C)c1CC. The highest BCUT2D eigenvalue weighted by molar-refractivity contribution is 7.17. The highest BCUT2D eigenvalue weighted by atomic mass is 32.1. The van der Waals surface area contributed by atoms with E-state index in [4.69, 9.17) is 4.74 Å². The van der Waals surface area contributed by atoms with Gasteiger partial charge < -0.3 is 4.74 Å². The minimum atomic E-state index is -0.490. The predicted molar refractivity (Wildman–Crippen MR) is 76.0 cm³/mol. The second-order valence-electron chi connectivity index (χ2n) is 4.24. The third-order valence-electron chi connectivity index (χ3n) is 3.04. The molecule has 0 unspecified atom stereocenters. The maximum atomic E-state index is 12.1. The summed E-state index contributed by atoms with van der Waals surface area (Å²) in [6, 6.07) is 0. The molecule has 0 atom stereocenters. The summed E-state index contributed by atoms with van der Waals surface area (Å²) in [5, 5.41) is 0.359. The van der Waals surface area contributed by atoms with Crippen LogP contribution in [-0.4, -0.2) is 24.4 Å². The second kappa shape index (κ2) is 5.58. The van der Waals surface area contributed by atoms with Gasteiger partial charge in [-0.25, -0.2) is 9.69 Å². The lowest BCUT2D eigenvalue weighted by Crippen LogP contribution is -2.30. The highest BCUT2D eigenvalue weighted by Crippen LogP contribution is 2.38. The molecule has 0 aliphatic carbocycles. The van der Waals surface area contributed by atoms with Crippen LogP contribution in [0.4, 0.5) is 5.00 Å². The van der Waals surface area contributed by atoms with Crippen LogP contribution in [0.2, 0.25) is 0 Å². The van der Waals surface area contributed by atoms with Gasteiger partial charge in [0.2, 0.25) is 0 Å². The van der Waals surface area contributed by atoms with E-state index in [1.54, 1.807) is 6.92 Å². The summed E-state index contributed by atoms with van der Waals surface area (Å²) < 4.78 is 5.05. The van der Waals surface area contributed by atoms with E-state index >= 15 is 0 Å². The van der Waals surface area contributed by atoms with Crippen LogP contribution in [0.5, 0.6) is 0 Å². The maximum absolute atomic E-state index is 12.1. The Kier molecular flexibility index (Phi) is 4.04. The first-order chi connectivity index (χ1) is 9.51. The molecule has 2 amide bonds. The number of carbonyl (C=O) groups is 3. The molecule has 1 aliphatic rings. The maximum Gasteiger partial charge on any atom is 0.341 e. The van der Waals surface area contributed by atoms with Crippen molar-refractivity contribution in [3.63, 3.8) is 0 Å². The fourth-order valence-electron chi connectivity index (χ4n) is 2.16. The predicted octanol–water partition coefficient (Wildman–Crippen LogP) is 2.23. The van der Waals surface area contributed by atoms with Gasteiger partial charge >= 0.3 is 5.97 Å². The van der Waals surface area contributed by atoms with Gasteiger partial charge in [-0.3, -0.25) is 9.59 Å². The lowest BCUT2D eigenvalue weighted by molar-refractivity contribution is -0.119. The van der Waals surface area contributed by atoms with Gasteiger partial charge in [0.25, 0.3) is 11.8 Å². The zero-order valence-corrected chi connectivity index (χ0v) is 12.4.